The van der Waals surface area contributed by atoms with Crippen molar-refractivity contribution in [3.8, 4) is 0 Å². The van der Waals surface area contributed by atoms with Crippen LogP contribution >= 0.6 is 0 Å². The zero-order chi connectivity index (χ0) is 27.2. The number of nitrogens with zero attached hydrogens (tertiary/aromatic N) is 4. The smallest absolute Gasteiger partial charge is 0.392 e. The van der Waals surface area contributed by atoms with E-state index in [-0.39, 0.29) is 40.5 Å². The predicted molar refractivity (Wildman–Crippen MR) is 126 cm³/mol. The van der Waals surface area contributed by atoms with Crippen LogP contribution in [0.4, 0.5) is 23.5 Å². The van der Waals surface area contributed by atoms with Gasteiger partial charge in [0.1, 0.15) is 11.3 Å². The molecule has 3 atom stereocenters. The van der Waals surface area contributed by atoms with Gasteiger partial charge in [-0.2, -0.15) is 13.2 Å². The van der Waals surface area contributed by atoms with Crippen LogP contribution in [0.15, 0.2) is 23.3 Å². The van der Waals surface area contributed by atoms with Crippen molar-refractivity contribution < 1.29 is 27.5 Å². The molecule has 1 aromatic carbocycles. The van der Waals surface area contributed by atoms with Gasteiger partial charge in [0.15, 0.2) is 5.82 Å². The number of aryl methyl sites for hydroxylation is 1. The Bertz CT molecular complexity index is 1380. The van der Waals surface area contributed by atoms with Crippen LogP contribution in [0, 0.1) is 24.6 Å². The normalized spacial score (nSPS) is 21.2. The third kappa shape index (κ3) is 5.13. The Morgan fingerprint density at radius 1 is 1.22 bits per heavy atom. The van der Waals surface area contributed by atoms with E-state index in [0.717, 1.165) is 6.07 Å². The average molecular weight is 523 g/mol. The van der Waals surface area contributed by atoms with Crippen LogP contribution in [0.3, 0.4) is 0 Å². The third-order valence-electron chi connectivity index (χ3n) is 6.55. The number of benzene rings is 1. The summed E-state index contributed by atoms with van der Waals surface area (Å²) < 4.78 is 56.6. The van der Waals surface area contributed by atoms with Crippen LogP contribution in [0.1, 0.15) is 54.1 Å². The minimum Gasteiger partial charge on any atom is -0.392 e. The van der Waals surface area contributed by atoms with Crippen molar-refractivity contribution in [1.82, 2.24) is 24.8 Å². The van der Waals surface area contributed by atoms with Crippen molar-refractivity contribution in [2.24, 2.45) is 11.8 Å². The summed E-state index contributed by atoms with van der Waals surface area (Å²) in [6.45, 7) is 7.11. The molecule has 1 amide bonds. The number of halogens is 4. The molecule has 0 aliphatic carbocycles. The van der Waals surface area contributed by atoms with Crippen LogP contribution in [0.5, 0.6) is 0 Å². The zero-order valence-corrected chi connectivity index (χ0v) is 20.5. The molecule has 4 rings (SSSR count). The van der Waals surface area contributed by atoms with Gasteiger partial charge in [-0.3, -0.25) is 9.59 Å². The number of fused-ring (bicyclic) bond motifs is 1. The van der Waals surface area contributed by atoms with E-state index < -0.39 is 46.3 Å². The zero-order valence-electron chi connectivity index (χ0n) is 20.5. The van der Waals surface area contributed by atoms with Gasteiger partial charge in [0.05, 0.1) is 28.7 Å². The molecule has 0 radical (unpaired) electrons. The summed E-state index contributed by atoms with van der Waals surface area (Å²) in [6, 6.07) is -0.210. The van der Waals surface area contributed by atoms with Crippen molar-refractivity contribution >= 4 is 22.8 Å². The lowest BCUT2D eigenvalue weighted by atomic mass is 9.88. The molecule has 2 aromatic heterocycles. The SMILES string of the molecule is Cc1nc2c(F)c(C(F)(F)F)c(C(C)Nc3ncc(C(=O)N4CC(C)C(O)C(C)C4)cn3)cc2c(=O)[nH]1. The third-order valence-corrected chi connectivity index (χ3v) is 6.55. The highest BCUT2D eigenvalue weighted by Crippen LogP contribution is 2.39. The molecule has 3 unspecified atom stereocenters. The van der Waals surface area contributed by atoms with Crippen LogP contribution in [0.25, 0.3) is 10.9 Å². The summed E-state index contributed by atoms with van der Waals surface area (Å²) >= 11 is 0. The minimum atomic E-state index is -5.06. The maximum Gasteiger partial charge on any atom is 0.419 e. The number of aliphatic hydroxyl groups is 1. The summed E-state index contributed by atoms with van der Waals surface area (Å²) in [7, 11) is 0. The summed E-state index contributed by atoms with van der Waals surface area (Å²) in [6.07, 6.45) is -3.08. The molecule has 37 heavy (non-hydrogen) atoms. The first-order valence-electron chi connectivity index (χ1n) is 11.6. The maximum atomic E-state index is 15.0. The first kappa shape index (κ1) is 26.5. The number of H-pyrrole nitrogens is 1. The van der Waals surface area contributed by atoms with E-state index >= 15 is 4.39 Å². The monoisotopic (exact) mass is 522 g/mol. The van der Waals surface area contributed by atoms with Crippen LogP contribution in [0.2, 0.25) is 0 Å². The standard InChI is InChI=1S/C24H26F4N6O3/c1-10-8-34(9-11(2)20(10)35)22(37)14-6-29-23(30-7-14)31-12(3)15-5-16-19(32-13(4)33-21(16)36)18(25)17(15)24(26,27)28/h5-7,10-12,20,35H,8-9H2,1-4H3,(H,29,30,31)(H,32,33,36). The molecule has 1 saturated heterocycles. The molecule has 1 aliphatic rings. The fraction of sp³-hybridized carbons (Fsp3) is 0.458. The Balaban J connectivity index is 1.61. The number of hydrogen-bond acceptors (Lipinski definition) is 7. The second-order valence-electron chi connectivity index (χ2n) is 9.52. The molecular weight excluding hydrogens is 496 g/mol. The Morgan fingerprint density at radius 3 is 2.38 bits per heavy atom. The number of carbonyl (C=O) groups excluding carboxylic acids is 1. The van der Waals surface area contributed by atoms with E-state index in [1.165, 1.54) is 26.2 Å². The van der Waals surface area contributed by atoms with E-state index in [2.05, 4.69) is 25.3 Å². The number of amides is 1. The number of carbonyl (C=O) groups is 1. The predicted octanol–water partition coefficient (Wildman–Crippen LogP) is 3.44. The van der Waals surface area contributed by atoms with E-state index in [4.69, 9.17) is 0 Å². The van der Waals surface area contributed by atoms with Crippen molar-refractivity contribution in [2.75, 3.05) is 18.4 Å². The van der Waals surface area contributed by atoms with E-state index in [1.807, 2.05) is 13.8 Å². The van der Waals surface area contributed by atoms with Gasteiger partial charge in [0.25, 0.3) is 11.5 Å². The summed E-state index contributed by atoms with van der Waals surface area (Å²) in [5.41, 5.74) is -3.32. The fourth-order valence-electron chi connectivity index (χ4n) is 4.68. The molecule has 3 N–H and O–H groups in total. The lowest BCUT2D eigenvalue weighted by molar-refractivity contribution is -0.140. The molecule has 3 heterocycles. The van der Waals surface area contributed by atoms with Gasteiger partial charge < -0.3 is 20.3 Å². The number of aliphatic hydroxyl groups excluding tert-OH is 1. The molecule has 1 aliphatic heterocycles. The maximum absolute atomic E-state index is 15.0. The summed E-state index contributed by atoms with van der Waals surface area (Å²) in [5, 5.41) is 12.5. The molecule has 0 bridgehead atoms. The number of nitrogens with one attached hydrogen (secondary N) is 2. The number of rotatable bonds is 4. The number of aromatic amines is 1. The van der Waals surface area contributed by atoms with Crippen LogP contribution in [-0.4, -0.2) is 55.0 Å². The van der Waals surface area contributed by atoms with Gasteiger partial charge >= 0.3 is 6.18 Å². The lowest BCUT2D eigenvalue weighted by Gasteiger charge is -2.38. The number of piperidine rings is 1. The Morgan fingerprint density at radius 2 is 1.81 bits per heavy atom. The van der Waals surface area contributed by atoms with Gasteiger partial charge in [-0.1, -0.05) is 13.8 Å². The van der Waals surface area contributed by atoms with Gasteiger partial charge in [-0.05, 0) is 37.3 Å². The second kappa shape index (κ2) is 9.69. The van der Waals surface area contributed by atoms with Gasteiger partial charge in [0.2, 0.25) is 5.95 Å². The molecular formula is C24H26F4N6O3. The molecule has 13 heteroatoms. The van der Waals surface area contributed by atoms with E-state index in [0.29, 0.717) is 13.1 Å². The molecule has 1 fully saturated rings. The number of alkyl halides is 3. The van der Waals surface area contributed by atoms with Gasteiger partial charge in [-0.15, -0.1) is 0 Å². The van der Waals surface area contributed by atoms with Crippen LogP contribution in [-0.2, 0) is 6.18 Å². The summed E-state index contributed by atoms with van der Waals surface area (Å²) in [4.78, 5) is 40.9. The highest BCUT2D eigenvalue weighted by molar-refractivity contribution is 5.93. The average Bonchev–Trinajstić information content (AvgIpc) is 2.81. The summed E-state index contributed by atoms with van der Waals surface area (Å²) in [5.74, 6) is -2.29. The van der Waals surface area contributed by atoms with Gasteiger partial charge in [0, 0.05) is 25.5 Å². The number of likely N-dealkylation sites (tertiary alicyclic amines) is 1. The highest BCUT2D eigenvalue weighted by Gasteiger charge is 2.40. The number of hydrogen-bond donors (Lipinski definition) is 3. The van der Waals surface area contributed by atoms with Gasteiger partial charge in [-0.25, -0.2) is 19.3 Å². The molecule has 3 aromatic rings. The van der Waals surface area contributed by atoms with Crippen molar-refractivity contribution in [3.63, 3.8) is 0 Å². The Kier molecular flexibility index (Phi) is 6.93. The minimum absolute atomic E-state index is 0.0175. The van der Waals surface area contributed by atoms with E-state index in [9.17, 15) is 27.9 Å². The highest BCUT2D eigenvalue weighted by atomic mass is 19.4. The van der Waals surface area contributed by atoms with Crippen molar-refractivity contribution in [1.29, 1.82) is 0 Å². The molecule has 0 saturated carbocycles. The first-order valence-corrected chi connectivity index (χ1v) is 11.6. The molecule has 0 spiro atoms. The second-order valence-corrected chi connectivity index (χ2v) is 9.52. The molecule has 9 nitrogen and oxygen atoms in total. The number of aromatic nitrogens is 4. The van der Waals surface area contributed by atoms with Crippen molar-refractivity contribution in [3.05, 3.63) is 57.1 Å². The molecule has 198 valence electrons. The van der Waals surface area contributed by atoms with E-state index in [1.54, 1.807) is 4.90 Å². The quantitative estimate of drug-likeness (QED) is 0.449. The first-order chi connectivity index (χ1) is 17.3. The van der Waals surface area contributed by atoms with Crippen molar-refractivity contribution in [2.45, 2.75) is 46.0 Å². The lowest BCUT2D eigenvalue weighted by Crippen LogP contribution is -2.49. The number of anilines is 1. The topological polar surface area (TPSA) is 124 Å². The van der Waals surface area contributed by atoms with Crippen LogP contribution < -0.4 is 10.9 Å². The fourth-order valence-corrected chi connectivity index (χ4v) is 4.68. The Hall–Kier alpha value is -3.61. The largest absolute Gasteiger partial charge is 0.419 e. The Labute approximate surface area is 209 Å².